The zero-order valence-electron chi connectivity index (χ0n) is 14.1. The van der Waals surface area contributed by atoms with Crippen molar-refractivity contribution in [1.82, 2.24) is 9.97 Å². The first-order valence-electron chi connectivity index (χ1n) is 7.74. The van der Waals surface area contributed by atoms with Crippen LogP contribution in [0.15, 0.2) is 29.4 Å². The van der Waals surface area contributed by atoms with Gasteiger partial charge in [0.1, 0.15) is 23.1 Å². The summed E-state index contributed by atoms with van der Waals surface area (Å²) >= 11 is 1.14. The number of nitrogens with zero attached hydrogens (tertiary/aromatic N) is 2. The van der Waals surface area contributed by atoms with Gasteiger partial charge in [-0.3, -0.25) is 4.79 Å². The summed E-state index contributed by atoms with van der Waals surface area (Å²) < 4.78 is 11.0. The normalized spacial score (nSPS) is 10.3. The lowest BCUT2D eigenvalue weighted by Gasteiger charge is -2.13. The largest absolute Gasteiger partial charge is 0.494 e. The van der Waals surface area contributed by atoms with E-state index in [9.17, 15) is 4.79 Å². The number of nitrogens with two attached hydrogens (primary N) is 2. The molecule has 0 saturated heterocycles. The number of anilines is 3. The van der Waals surface area contributed by atoms with Crippen LogP contribution in [0.1, 0.15) is 13.8 Å². The Morgan fingerprint density at radius 2 is 1.80 bits per heavy atom. The summed E-state index contributed by atoms with van der Waals surface area (Å²) in [5.74, 6) is 1.63. The molecule has 2 aromatic rings. The maximum absolute atomic E-state index is 12.2. The van der Waals surface area contributed by atoms with Crippen LogP contribution in [0.3, 0.4) is 0 Å². The number of hydrogen-bond donors (Lipinski definition) is 3. The molecule has 1 amide bonds. The highest BCUT2D eigenvalue weighted by Crippen LogP contribution is 2.29. The summed E-state index contributed by atoms with van der Waals surface area (Å²) in [6, 6.07) is 6.74. The number of carbonyl (C=O) groups excluding carboxylic acids is 1. The maximum Gasteiger partial charge on any atom is 0.234 e. The summed E-state index contributed by atoms with van der Waals surface area (Å²) in [7, 11) is 0. The molecule has 5 N–H and O–H groups in total. The number of rotatable bonds is 8. The van der Waals surface area contributed by atoms with Crippen LogP contribution in [0, 0.1) is 0 Å². The molecule has 0 aliphatic rings. The zero-order valence-corrected chi connectivity index (χ0v) is 14.9. The highest BCUT2D eigenvalue weighted by Gasteiger charge is 2.11. The highest BCUT2D eigenvalue weighted by molar-refractivity contribution is 7.99. The first kappa shape index (κ1) is 18.7. The van der Waals surface area contributed by atoms with Gasteiger partial charge in [-0.2, -0.15) is 0 Å². The predicted molar refractivity (Wildman–Crippen MR) is 99.0 cm³/mol. The molecule has 1 heterocycles. The molecular formula is C16H21N5O3S. The quantitative estimate of drug-likeness (QED) is 0.481. The van der Waals surface area contributed by atoms with Crippen molar-refractivity contribution in [3.05, 3.63) is 24.3 Å². The number of amides is 1. The maximum atomic E-state index is 12.2. The first-order chi connectivity index (χ1) is 12.0. The van der Waals surface area contributed by atoms with Crippen LogP contribution in [-0.4, -0.2) is 34.8 Å². The molecule has 0 radical (unpaired) electrons. The average molecular weight is 363 g/mol. The van der Waals surface area contributed by atoms with Gasteiger partial charge in [-0.1, -0.05) is 11.8 Å². The van der Waals surface area contributed by atoms with Crippen LogP contribution in [-0.2, 0) is 4.79 Å². The first-order valence-corrected chi connectivity index (χ1v) is 8.72. The molecular weight excluding hydrogens is 342 g/mol. The third kappa shape index (κ3) is 5.71. The molecule has 1 aromatic carbocycles. The van der Waals surface area contributed by atoms with Gasteiger partial charge in [0.25, 0.3) is 0 Å². The van der Waals surface area contributed by atoms with E-state index in [1.54, 1.807) is 18.2 Å². The van der Waals surface area contributed by atoms with Gasteiger partial charge in [-0.25, -0.2) is 9.97 Å². The lowest BCUT2D eigenvalue weighted by molar-refractivity contribution is -0.113. The van der Waals surface area contributed by atoms with Gasteiger partial charge in [-0.15, -0.1) is 0 Å². The number of hydrogen-bond acceptors (Lipinski definition) is 8. The Kier molecular flexibility index (Phi) is 6.70. The number of benzene rings is 1. The van der Waals surface area contributed by atoms with Crippen LogP contribution in [0.5, 0.6) is 11.5 Å². The van der Waals surface area contributed by atoms with E-state index in [0.717, 1.165) is 11.8 Å². The number of nitrogens with one attached hydrogen (secondary N) is 1. The van der Waals surface area contributed by atoms with Crippen molar-refractivity contribution in [1.29, 1.82) is 0 Å². The summed E-state index contributed by atoms with van der Waals surface area (Å²) in [6.07, 6.45) is 0. The van der Waals surface area contributed by atoms with Crippen molar-refractivity contribution in [3.63, 3.8) is 0 Å². The van der Waals surface area contributed by atoms with Crippen molar-refractivity contribution in [2.24, 2.45) is 0 Å². The topological polar surface area (TPSA) is 125 Å². The summed E-state index contributed by atoms with van der Waals surface area (Å²) in [4.78, 5) is 20.3. The second kappa shape index (κ2) is 8.97. The molecule has 2 rings (SSSR count). The SMILES string of the molecule is CCOc1ccc(OCC)c(NC(=O)CSc2nc(N)cc(N)n2)c1. The second-order valence-corrected chi connectivity index (χ2v) is 5.80. The van der Waals surface area contributed by atoms with Crippen LogP contribution < -0.4 is 26.3 Å². The van der Waals surface area contributed by atoms with E-state index in [1.807, 2.05) is 13.8 Å². The van der Waals surface area contributed by atoms with E-state index in [0.29, 0.717) is 35.6 Å². The molecule has 8 nitrogen and oxygen atoms in total. The minimum absolute atomic E-state index is 0.104. The molecule has 0 atom stereocenters. The van der Waals surface area contributed by atoms with Crippen molar-refractivity contribution < 1.29 is 14.3 Å². The molecule has 0 bridgehead atoms. The minimum Gasteiger partial charge on any atom is -0.494 e. The number of ether oxygens (including phenoxy) is 2. The molecule has 25 heavy (non-hydrogen) atoms. The third-order valence-corrected chi connectivity index (χ3v) is 3.76. The fourth-order valence-electron chi connectivity index (χ4n) is 1.99. The Morgan fingerprint density at radius 1 is 1.12 bits per heavy atom. The molecule has 0 aliphatic heterocycles. The number of aromatic nitrogens is 2. The van der Waals surface area contributed by atoms with Gasteiger partial charge in [0, 0.05) is 12.1 Å². The number of nitrogen functional groups attached to an aromatic ring is 2. The van der Waals surface area contributed by atoms with Crippen molar-refractivity contribution in [3.8, 4) is 11.5 Å². The van der Waals surface area contributed by atoms with Gasteiger partial charge >= 0.3 is 0 Å². The Balaban J connectivity index is 2.04. The molecule has 9 heteroatoms. The number of thioether (sulfide) groups is 1. The molecule has 0 fully saturated rings. The Hall–Kier alpha value is -2.68. The minimum atomic E-state index is -0.232. The molecule has 0 unspecified atom stereocenters. The fraction of sp³-hybridized carbons (Fsp3) is 0.312. The van der Waals surface area contributed by atoms with E-state index in [2.05, 4.69) is 15.3 Å². The summed E-state index contributed by atoms with van der Waals surface area (Å²) in [5, 5.41) is 3.16. The van der Waals surface area contributed by atoms with E-state index >= 15 is 0 Å². The molecule has 0 spiro atoms. The number of carbonyl (C=O) groups is 1. The van der Waals surface area contributed by atoms with E-state index in [-0.39, 0.29) is 23.3 Å². The van der Waals surface area contributed by atoms with Crippen LogP contribution in [0.25, 0.3) is 0 Å². The molecule has 1 aromatic heterocycles. The van der Waals surface area contributed by atoms with Crippen molar-refractivity contribution in [2.75, 3.05) is 35.8 Å². The van der Waals surface area contributed by atoms with E-state index in [1.165, 1.54) is 6.07 Å². The Labute approximate surface area is 150 Å². The molecule has 0 saturated carbocycles. The standard InChI is InChI=1S/C16H21N5O3S/c1-3-23-10-5-6-12(24-4-2)11(7-10)19-15(22)9-25-16-20-13(17)8-14(18)21-16/h5-8H,3-4,9H2,1-2H3,(H,19,22)(H4,17,18,20,21). The average Bonchev–Trinajstić information content (AvgIpc) is 2.55. The third-order valence-electron chi connectivity index (χ3n) is 2.91. The molecule has 134 valence electrons. The van der Waals surface area contributed by atoms with Crippen LogP contribution >= 0.6 is 11.8 Å². The summed E-state index contributed by atoms with van der Waals surface area (Å²) in [5.41, 5.74) is 11.8. The second-order valence-electron chi connectivity index (χ2n) is 4.86. The van der Waals surface area contributed by atoms with Crippen LogP contribution in [0.2, 0.25) is 0 Å². The van der Waals surface area contributed by atoms with E-state index < -0.39 is 0 Å². The fourth-order valence-corrected chi connectivity index (χ4v) is 2.66. The summed E-state index contributed by atoms with van der Waals surface area (Å²) in [6.45, 7) is 4.79. The Morgan fingerprint density at radius 3 is 2.44 bits per heavy atom. The van der Waals surface area contributed by atoms with Gasteiger partial charge in [0.05, 0.1) is 24.7 Å². The van der Waals surface area contributed by atoms with Gasteiger partial charge < -0.3 is 26.3 Å². The zero-order chi connectivity index (χ0) is 18.2. The molecule has 0 aliphatic carbocycles. The lowest BCUT2D eigenvalue weighted by atomic mass is 10.2. The van der Waals surface area contributed by atoms with Crippen molar-refractivity contribution in [2.45, 2.75) is 19.0 Å². The van der Waals surface area contributed by atoms with Crippen LogP contribution in [0.4, 0.5) is 17.3 Å². The van der Waals surface area contributed by atoms with Gasteiger partial charge in [0.2, 0.25) is 5.91 Å². The van der Waals surface area contributed by atoms with Crippen molar-refractivity contribution >= 4 is 35.0 Å². The Bertz CT molecular complexity index is 721. The monoisotopic (exact) mass is 363 g/mol. The smallest absolute Gasteiger partial charge is 0.234 e. The van der Waals surface area contributed by atoms with Gasteiger partial charge in [0.15, 0.2) is 5.16 Å². The highest BCUT2D eigenvalue weighted by atomic mass is 32.2. The van der Waals surface area contributed by atoms with Gasteiger partial charge in [-0.05, 0) is 26.0 Å². The lowest BCUT2D eigenvalue weighted by Crippen LogP contribution is -2.15. The van der Waals surface area contributed by atoms with E-state index in [4.69, 9.17) is 20.9 Å². The predicted octanol–water partition coefficient (Wildman–Crippen LogP) is 2.17.